The summed E-state index contributed by atoms with van der Waals surface area (Å²) in [5.74, 6) is 0.285. The fourth-order valence-corrected chi connectivity index (χ4v) is 5.58. The van der Waals surface area contributed by atoms with Gasteiger partial charge in [-0.2, -0.15) is 13.2 Å². The number of aryl methyl sites for hydroxylation is 1. The van der Waals surface area contributed by atoms with Crippen LogP contribution in [-0.4, -0.2) is 54.2 Å². The molecule has 1 aromatic carbocycles. The van der Waals surface area contributed by atoms with E-state index < -0.39 is 23.9 Å². The fourth-order valence-electron chi connectivity index (χ4n) is 5.58. The monoisotopic (exact) mass is 455 g/mol. The van der Waals surface area contributed by atoms with Crippen LogP contribution >= 0.6 is 0 Å². The average Bonchev–Trinajstić information content (AvgIpc) is 3.32. The van der Waals surface area contributed by atoms with E-state index in [1.807, 2.05) is 12.1 Å². The molecule has 3 N–H and O–H groups in total. The molecule has 1 heterocycles. The number of halogens is 3. The molecular formula is C23H32F3N3O3. The van der Waals surface area contributed by atoms with Gasteiger partial charge in [-0.1, -0.05) is 19.9 Å². The van der Waals surface area contributed by atoms with Crippen LogP contribution in [0, 0.1) is 11.8 Å². The van der Waals surface area contributed by atoms with Crippen LogP contribution in [0.4, 0.5) is 13.2 Å². The molecule has 0 amide bonds. The van der Waals surface area contributed by atoms with E-state index in [4.69, 9.17) is 20.2 Å². The van der Waals surface area contributed by atoms with Crippen LogP contribution in [-0.2, 0) is 21.4 Å². The number of nitrogens with zero attached hydrogens (tertiary/aromatic N) is 2. The maximum Gasteiger partial charge on any atom is 0.406 e. The first kappa shape index (κ1) is 23.2. The number of methoxy groups -OCH3 is 1. The summed E-state index contributed by atoms with van der Waals surface area (Å²) in [5.41, 5.74) is 5.86. The van der Waals surface area contributed by atoms with Crippen molar-refractivity contribution in [1.82, 2.24) is 4.90 Å². The van der Waals surface area contributed by atoms with Crippen LogP contribution in [0.1, 0.15) is 50.7 Å². The van der Waals surface area contributed by atoms with Gasteiger partial charge in [0.05, 0.1) is 6.10 Å². The molecule has 3 unspecified atom stereocenters. The van der Waals surface area contributed by atoms with Crippen molar-refractivity contribution in [3.8, 4) is 5.75 Å². The van der Waals surface area contributed by atoms with Gasteiger partial charge in [0, 0.05) is 25.0 Å². The van der Waals surface area contributed by atoms with Crippen LogP contribution in [0.25, 0.3) is 0 Å². The molecule has 0 saturated heterocycles. The summed E-state index contributed by atoms with van der Waals surface area (Å²) < 4.78 is 51.2. The lowest BCUT2D eigenvalue weighted by molar-refractivity contribution is -0.154. The predicted octanol–water partition coefficient (Wildman–Crippen LogP) is 3.91. The average molecular weight is 456 g/mol. The smallest absolute Gasteiger partial charge is 0.406 e. The fraction of sp³-hybridized carbons (Fsp3) is 0.696. The summed E-state index contributed by atoms with van der Waals surface area (Å²) in [6, 6.07) is 5.46. The predicted molar refractivity (Wildman–Crippen MR) is 114 cm³/mol. The minimum absolute atomic E-state index is 0.0606. The molecule has 4 rings (SSSR count). The van der Waals surface area contributed by atoms with Crippen LogP contribution < -0.4 is 5.73 Å². The van der Waals surface area contributed by atoms with Crippen molar-refractivity contribution >= 4 is 5.96 Å². The number of ether oxygens (including phenoxy) is 2. The lowest BCUT2D eigenvalue weighted by Crippen LogP contribution is -2.45. The summed E-state index contributed by atoms with van der Waals surface area (Å²) in [6.07, 6.45) is -0.708. The number of alkyl halides is 3. The van der Waals surface area contributed by atoms with Gasteiger partial charge in [-0.3, -0.25) is 0 Å². The molecule has 4 atom stereocenters. The van der Waals surface area contributed by atoms with E-state index in [1.165, 1.54) is 0 Å². The van der Waals surface area contributed by atoms with E-state index in [0.29, 0.717) is 17.9 Å². The van der Waals surface area contributed by atoms with Gasteiger partial charge in [-0.05, 0) is 49.3 Å². The number of nitrogens with two attached hydrogens (primary N) is 1. The van der Waals surface area contributed by atoms with Gasteiger partial charge in [0.1, 0.15) is 30.2 Å². The normalized spacial score (nSPS) is 32.2. The number of hydrogen-bond donors (Lipinski definition) is 2. The first-order valence-electron chi connectivity index (χ1n) is 11.2. The number of fused-ring (bicyclic) bond motifs is 1. The van der Waals surface area contributed by atoms with E-state index in [0.717, 1.165) is 36.1 Å². The van der Waals surface area contributed by atoms with Crippen molar-refractivity contribution in [3.05, 3.63) is 29.3 Å². The van der Waals surface area contributed by atoms with E-state index in [-0.39, 0.29) is 30.5 Å². The molecule has 0 radical (unpaired) electrons. The summed E-state index contributed by atoms with van der Waals surface area (Å²) in [5, 5.41) is 10.9. The number of benzene rings is 1. The second-order valence-electron chi connectivity index (χ2n) is 9.69. The van der Waals surface area contributed by atoms with Crippen molar-refractivity contribution in [3.63, 3.8) is 0 Å². The number of aliphatic imine (C=N–C) groups is 1. The molecule has 0 aromatic heterocycles. The Hall–Kier alpha value is -2.00. The van der Waals surface area contributed by atoms with Crippen molar-refractivity contribution in [2.75, 3.05) is 20.4 Å². The Labute approximate surface area is 186 Å². The van der Waals surface area contributed by atoms with Gasteiger partial charge in [0.2, 0.25) is 0 Å². The standard InChI is InChI=1S/C23H32F3N3O3/c1-14(2)4-5-15-6-8-18(30)17(10-15)23-19-9-7-16(31-3)11-21(19,23)32-13-29(20(27)28-23)12-22(24,25)26/h6,8,10,14,16,19,30H,4-5,7,9,11-13H2,1-3H3,(H2,27,28)/t16-,19?,21?,23?/m1/s1. The molecule has 6 nitrogen and oxygen atoms in total. The number of hydrogen-bond acceptors (Lipinski definition) is 6. The third kappa shape index (κ3) is 3.83. The zero-order valence-electron chi connectivity index (χ0n) is 18.8. The Balaban J connectivity index is 1.78. The molecule has 1 spiro atoms. The van der Waals surface area contributed by atoms with Crippen LogP contribution in [0.2, 0.25) is 0 Å². The van der Waals surface area contributed by atoms with Gasteiger partial charge >= 0.3 is 6.18 Å². The van der Waals surface area contributed by atoms with Crippen molar-refractivity contribution < 1.29 is 27.8 Å². The Morgan fingerprint density at radius 1 is 1.34 bits per heavy atom. The van der Waals surface area contributed by atoms with Gasteiger partial charge in [0.15, 0.2) is 5.96 Å². The van der Waals surface area contributed by atoms with Crippen LogP contribution in [0.3, 0.4) is 0 Å². The molecule has 178 valence electrons. The topological polar surface area (TPSA) is 80.3 Å². The third-order valence-electron chi connectivity index (χ3n) is 7.22. The minimum Gasteiger partial charge on any atom is -0.508 e. The quantitative estimate of drug-likeness (QED) is 0.680. The van der Waals surface area contributed by atoms with Crippen molar-refractivity contribution in [1.29, 1.82) is 0 Å². The van der Waals surface area contributed by atoms with Crippen molar-refractivity contribution in [2.24, 2.45) is 22.6 Å². The molecule has 2 fully saturated rings. The highest BCUT2D eigenvalue weighted by molar-refractivity contribution is 5.80. The lowest BCUT2D eigenvalue weighted by Gasteiger charge is -2.30. The maximum atomic E-state index is 13.1. The molecule has 0 bridgehead atoms. The Kier molecular flexibility index (Phi) is 5.86. The molecular weight excluding hydrogens is 423 g/mol. The Morgan fingerprint density at radius 2 is 2.09 bits per heavy atom. The first-order valence-corrected chi connectivity index (χ1v) is 11.2. The molecule has 32 heavy (non-hydrogen) atoms. The summed E-state index contributed by atoms with van der Waals surface area (Å²) in [6.45, 7) is 2.74. The molecule has 1 aliphatic heterocycles. The SMILES string of the molecule is CO[C@@H]1CCC2C3(C1)OCN(CC(F)(F)F)C(N)=NC23c1cc(CCC(C)C)ccc1O. The highest BCUT2D eigenvalue weighted by Gasteiger charge is 2.82. The number of guanidine groups is 1. The van der Waals surface area contributed by atoms with E-state index >= 15 is 0 Å². The van der Waals surface area contributed by atoms with Crippen LogP contribution in [0.5, 0.6) is 5.75 Å². The number of rotatable bonds is 6. The summed E-state index contributed by atoms with van der Waals surface area (Å²) in [7, 11) is 1.62. The number of aromatic hydroxyl groups is 1. The summed E-state index contributed by atoms with van der Waals surface area (Å²) >= 11 is 0. The lowest BCUT2D eigenvalue weighted by atomic mass is 9.93. The largest absolute Gasteiger partial charge is 0.508 e. The minimum atomic E-state index is -4.44. The maximum absolute atomic E-state index is 13.1. The number of phenols is 1. The molecule has 9 heteroatoms. The number of phenolic OH excluding ortho intramolecular Hbond substituents is 1. The van der Waals surface area contributed by atoms with E-state index in [2.05, 4.69) is 13.8 Å². The van der Waals surface area contributed by atoms with Crippen LogP contribution in [0.15, 0.2) is 23.2 Å². The summed E-state index contributed by atoms with van der Waals surface area (Å²) in [4.78, 5) is 5.61. The Bertz CT molecular complexity index is 891. The highest BCUT2D eigenvalue weighted by atomic mass is 19.4. The first-order chi connectivity index (χ1) is 15.0. The third-order valence-corrected chi connectivity index (χ3v) is 7.22. The molecule has 2 aliphatic carbocycles. The second-order valence-corrected chi connectivity index (χ2v) is 9.69. The molecule has 3 aliphatic rings. The zero-order valence-corrected chi connectivity index (χ0v) is 18.8. The second kappa shape index (κ2) is 8.09. The zero-order chi connectivity index (χ0) is 23.3. The molecule has 1 aromatic rings. The van der Waals surface area contributed by atoms with Crippen molar-refractivity contribution in [2.45, 2.75) is 69.4 Å². The van der Waals surface area contributed by atoms with Gasteiger partial charge < -0.3 is 25.2 Å². The molecule has 2 saturated carbocycles. The van der Waals surface area contributed by atoms with E-state index in [1.54, 1.807) is 13.2 Å². The van der Waals surface area contributed by atoms with Gasteiger partial charge in [0.25, 0.3) is 0 Å². The highest BCUT2D eigenvalue weighted by Crippen LogP contribution is 2.73. The van der Waals surface area contributed by atoms with Gasteiger partial charge in [-0.15, -0.1) is 0 Å². The van der Waals surface area contributed by atoms with E-state index in [9.17, 15) is 18.3 Å². The van der Waals surface area contributed by atoms with Gasteiger partial charge in [-0.25, -0.2) is 4.99 Å². The Morgan fingerprint density at radius 3 is 2.75 bits per heavy atom.